The highest BCUT2D eigenvalue weighted by Gasteiger charge is 2.34. The summed E-state index contributed by atoms with van der Waals surface area (Å²) < 4.78 is 2.07. The van der Waals surface area contributed by atoms with Crippen molar-refractivity contribution >= 4 is 35.3 Å². The smallest absolute Gasteiger partial charge is 0.248 e. The molecule has 0 atom stereocenters. The molecule has 3 rings (SSSR count). The van der Waals surface area contributed by atoms with E-state index in [0.29, 0.717) is 12.5 Å². The highest BCUT2D eigenvalue weighted by Crippen LogP contribution is 2.28. The molecule has 0 saturated carbocycles. The summed E-state index contributed by atoms with van der Waals surface area (Å²) in [6, 6.07) is 7.91. The Hall–Kier alpha value is -1.59. The Balaban J connectivity index is 0.00000133. The van der Waals surface area contributed by atoms with Crippen LogP contribution in [-0.2, 0) is 11.3 Å². The number of hydrogen-bond donors (Lipinski definition) is 1. The summed E-state index contributed by atoms with van der Waals surface area (Å²) in [5.74, 6) is 0.622. The first-order valence-corrected chi connectivity index (χ1v) is 6.04. The lowest BCUT2D eigenvalue weighted by Crippen LogP contribution is -2.51. The number of para-hydroxylation sites is 2. The molecule has 0 unspecified atom stereocenters. The number of nitrogens with zero attached hydrogens (tertiary/aromatic N) is 3. The minimum Gasteiger partial charge on any atom is -0.318 e. The summed E-state index contributed by atoms with van der Waals surface area (Å²) >= 11 is 0. The monoisotopic (exact) mass is 280 g/mol. The molecule has 2 N–H and O–H groups in total. The fraction of sp³-hybridized carbons (Fsp3) is 0.385. The van der Waals surface area contributed by atoms with E-state index in [-0.39, 0.29) is 18.3 Å². The van der Waals surface area contributed by atoms with Crippen molar-refractivity contribution in [2.75, 3.05) is 11.4 Å². The lowest BCUT2D eigenvalue weighted by molar-refractivity contribution is -0.122. The van der Waals surface area contributed by atoms with Crippen molar-refractivity contribution in [3.63, 3.8) is 0 Å². The minimum absolute atomic E-state index is 0. The van der Waals surface area contributed by atoms with Gasteiger partial charge < -0.3 is 10.3 Å². The van der Waals surface area contributed by atoms with Crippen LogP contribution < -0.4 is 10.6 Å². The van der Waals surface area contributed by atoms with E-state index in [0.717, 1.165) is 17.6 Å². The summed E-state index contributed by atoms with van der Waals surface area (Å²) in [5, 5.41) is 0. The second kappa shape index (κ2) is 4.51. The van der Waals surface area contributed by atoms with Gasteiger partial charge in [0.05, 0.1) is 16.6 Å². The zero-order chi connectivity index (χ0) is 12.9. The summed E-state index contributed by atoms with van der Waals surface area (Å²) in [4.78, 5) is 18.5. The number of imidazole rings is 1. The molecule has 1 amide bonds. The standard InChI is InChI=1S/C13H16N4O.ClH/c1-13(2,14)11(18)17-8-7-16-10-6-4-3-5-9(10)15-12(16)17;/h3-6H,7-8,14H2,1-2H3;1H. The third kappa shape index (κ3) is 2.09. The van der Waals surface area contributed by atoms with Crippen LogP contribution in [0.4, 0.5) is 5.95 Å². The molecule has 19 heavy (non-hydrogen) atoms. The van der Waals surface area contributed by atoms with Crippen LogP contribution in [0, 0.1) is 0 Å². The molecule has 1 aromatic heterocycles. The molecule has 1 aliphatic rings. The van der Waals surface area contributed by atoms with Crippen LogP contribution in [0.1, 0.15) is 13.8 Å². The molecule has 102 valence electrons. The van der Waals surface area contributed by atoms with Crippen LogP contribution in [0.15, 0.2) is 24.3 Å². The molecule has 6 heteroatoms. The Morgan fingerprint density at radius 1 is 1.32 bits per heavy atom. The number of halogens is 1. The second-order valence-corrected chi connectivity index (χ2v) is 5.23. The largest absolute Gasteiger partial charge is 0.318 e. The molecule has 5 nitrogen and oxygen atoms in total. The number of rotatable bonds is 1. The van der Waals surface area contributed by atoms with E-state index >= 15 is 0 Å². The molecule has 2 aromatic rings. The number of aromatic nitrogens is 2. The Morgan fingerprint density at radius 2 is 2.00 bits per heavy atom. The minimum atomic E-state index is -0.868. The van der Waals surface area contributed by atoms with E-state index < -0.39 is 5.54 Å². The van der Waals surface area contributed by atoms with Gasteiger partial charge in [-0.15, -0.1) is 12.4 Å². The lowest BCUT2D eigenvalue weighted by atomic mass is 10.1. The van der Waals surface area contributed by atoms with Crippen molar-refractivity contribution < 1.29 is 4.79 Å². The Kier molecular flexibility index (Phi) is 3.28. The number of carbonyl (C=O) groups is 1. The first kappa shape index (κ1) is 13.8. The third-order valence-electron chi connectivity index (χ3n) is 3.22. The fourth-order valence-corrected chi connectivity index (χ4v) is 2.33. The number of hydrogen-bond acceptors (Lipinski definition) is 3. The summed E-state index contributed by atoms with van der Waals surface area (Å²) in [6.07, 6.45) is 0. The molecular weight excluding hydrogens is 264 g/mol. The van der Waals surface area contributed by atoms with Gasteiger partial charge in [-0.1, -0.05) is 12.1 Å². The number of nitrogens with two attached hydrogens (primary N) is 1. The Labute approximate surface area is 117 Å². The third-order valence-corrected chi connectivity index (χ3v) is 3.22. The van der Waals surface area contributed by atoms with Crippen molar-refractivity contribution in [1.82, 2.24) is 9.55 Å². The van der Waals surface area contributed by atoms with E-state index in [1.54, 1.807) is 18.7 Å². The fourth-order valence-electron chi connectivity index (χ4n) is 2.33. The molecule has 0 radical (unpaired) electrons. The number of anilines is 1. The van der Waals surface area contributed by atoms with Gasteiger partial charge in [-0.3, -0.25) is 9.69 Å². The molecule has 1 aromatic carbocycles. The van der Waals surface area contributed by atoms with Gasteiger partial charge in [0.25, 0.3) is 0 Å². The van der Waals surface area contributed by atoms with Gasteiger partial charge >= 0.3 is 0 Å². The van der Waals surface area contributed by atoms with Gasteiger partial charge in [-0.05, 0) is 26.0 Å². The molecule has 2 heterocycles. The van der Waals surface area contributed by atoms with Crippen LogP contribution in [0.2, 0.25) is 0 Å². The molecule has 0 aliphatic carbocycles. The molecule has 0 saturated heterocycles. The maximum Gasteiger partial charge on any atom is 0.248 e. The van der Waals surface area contributed by atoms with E-state index in [9.17, 15) is 4.79 Å². The first-order valence-electron chi connectivity index (χ1n) is 6.04. The summed E-state index contributed by atoms with van der Waals surface area (Å²) in [7, 11) is 0. The predicted octanol–water partition coefficient (Wildman–Crippen LogP) is 1.54. The molecule has 0 spiro atoms. The highest BCUT2D eigenvalue weighted by molar-refractivity contribution is 6.00. The maximum atomic E-state index is 12.3. The quantitative estimate of drug-likeness (QED) is 0.862. The number of carbonyl (C=O) groups excluding carboxylic acids is 1. The van der Waals surface area contributed by atoms with Crippen molar-refractivity contribution in [1.29, 1.82) is 0 Å². The van der Waals surface area contributed by atoms with Crippen LogP contribution in [-0.4, -0.2) is 27.5 Å². The summed E-state index contributed by atoms with van der Waals surface area (Å²) in [5.41, 5.74) is 7.00. The van der Waals surface area contributed by atoms with Crippen LogP contribution in [0.25, 0.3) is 11.0 Å². The highest BCUT2D eigenvalue weighted by atomic mass is 35.5. The average molecular weight is 281 g/mol. The molecular formula is C13H17ClN4O. The average Bonchev–Trinajstić information content (AvgIpc) is 2.84. The zero-order valence-electron chi connectivity index (χ0n) is 11.0. The first-order chi connectivity index (χ1) is 8.48. The van der Waals surface area contributed by atoms with E-state index in [4.69, 9.17) is 5.73 Å². The summed E-state index contributed by atoms with van der Waals surface area (Å²) in [6.45, 7) is 4.87. The van der Waals surface area contributed by atoms with Gasteiger partial charge in [-0.2, -0.15) is 0 Å². The number of amides is 1. The van der Waals surface area contributed by atoms with Gasteiger partial charge in [0.1, 0.15) is 0 Å². The van der Waals surface area contributed by atoms with E-state index in [1.165, 1.54) is 0 Å². The lowest BCUT2D eigenvalue weighted by Gasteiger charge is -2.23. The van der Waals surface area contributed by atoms with Crippen LogP contribution in [0.5, 0.6) is 0 Å². The van der Waals surface area contributed by atoms with Gasteiger partial charge in [0, 0.05) is 13.1 Å². The maximum absolute atomic E-state index is 12.3. The van der Waals surface area contributed by atoms with Crippen molar-refractivity contribution in [2.24, 2.45) is 5.73 Å². The van der Waals surface area contributed by atoms with Gasteiger partial charge in [-0.25, -0.2) is 4.98 Å². The van der Waals surface area contributed by atoms with Gasteiger partial charge in [0.15, 0.2) is 0 Å². The normalized spacial score (nSPS) is 14.4. The molecule has 1 aliphatic heterocycles. The van der Waals surface area contributed by atoms with Crippen molar-refractivity contribution in [3.05, 3.63) is 24.3 Å². The van der Waals surface area contributed by atoms with Crippen molar-refractivity contribution in [3.8, 4) is 0 Å². The zero-order valence-corrected chi connectivity index (χ0v) is 11.8. The Bertz CT molecular complexity index is 629. The predicted molar refractivity (Wildman–Crippen MR) is 77.6 cm³/mol. The van der Waals surface area contributed by atoms with Crippen LogP contribution >= 0.6 is 12.4 Å². The van der Waals surface area contributed by atoms with E-state index in [1.807, 2.05) is 24.3 Å². The SMILES string of the molecule is CC(C)(N)C(=O)N1CCn2c1nc1ccccc12.Cl. The van der Waals surface area contributed by atoms with Gasteiger partial charge in [0.2, 0.25) is 11.9 Å². The van der Waals surface area contributed by atoms with E-state index in [2.05, 4.69) is 9.55 Å². The topological polar surface area (TPSA) is 64.2 Å². The Morgan fingerprint density at radius 3 is 2.68 bits per heavy atom. The van der Waals surface area contributed by atoms with Crippen molar-refractivity contribution in [2.45, 2.75) is 25.9 Å². The number of benzene rings is 1. The molecule has 0 fully saturated rings. The second-order valence-electron chi connectivity index (χ2n) is 5.23. The number of fused-ring (bicyclic) bond motifs is 3. The molecule has 0 bridgehead atoms. The van der Waals surface area contributed by atoms with Crippen LogP contribution in [0.3, 0.4) is 0 Å².